The first-order valence-corrected chi connectivity index (χ1v) is 8.59. The number of nitrogens with zero attached hydrogens (tertiary/aromatic N) is 1. The second-order valence-corrected chi connectivity index (χ2v) is 6.86. The van der Waals surface area contributed by atoms with E-state index >= 15 is 0 Å². The van der Waals surface area contributed by atoms with Gasteiger partial charge >= 0.3 is 0 Å². The summed E-state index contributed by atoms with van der Waals surface area (Å²) >= 11 is 2.22. The van der Waals surface area contributed by atoms with Gasteiger partial charge in [0.25, 0.3) is 5.91 Å². The number of carbonyl (C=O) groups excluding carboxylic acids is 1. The first-order chi connectivity index (χ1) is 11.1. The largest absolute Gasteiger partial charge is 0.321 e. The van der Waals surface area contributed by atoms with E-state index in [-0.39, 0.29) is 11.8 Å². The third-order valence-corrected chi connectivity index (χ3v) is 4.63. The van der Waals surface area contributed by atoms with Crippen molar-refractivity contribution in [2.45, 2.75) is 19.8 Å². The van der Waals surface area contributed by atoms with Gasteiger partial charge in [-0.2, -0.15) is 0 Å². The molecule has 1 heterocycles. The van der Waals surface area contributed by atoms with Crippen LogP contribution >= 0.6 is 22.6 Å². The fourth-order valence-electron chi connectivity index (χ4n) is 2.43. The molecule has 2 aromatic carbocycles. The minimum Gasteiger partial charge on any atom is -0.321 e. The van der Waals surface area contributed by atoms with E-state index in [1.807, 2.05) is 54.6 Å². The van der Waals surface area contributed by atoms with Crippen molar-refractivity contribution in [1.82, 2.24) is 4.98 Å². The summed E-state index contributed by atoms with van der Waals surface area (Å²) < 4.78 is 1.01. The van der Waals surface area contributed by atoms with Crippen LogP contribution in [-0.2, 0) is 0 Å². The number of para-hydroxylation sites is 2. The van der Waals surface area contributed by atoms with Gasteiger partial charge in [-0.1, -0.05) is 44.2 Å². The molecule has 0 saturated carbocycles. The van der Waals surface area contributed by atoms with E-state index in [4.69, 9.17) is 0 Å². The van der Waals surface area contributed by atoms with E-state index in [1.54, 1.807) is 0 Å². The molecule has 1 amide bonds. The maximum atomic E-state index is 12.8. The predicted octanol–water partition coefficient (Wildman–Crippen LogP) is 5.22. The molecular weight excluding hydrogens is 399 g/mol. The van der Waals surface area contributed by atoms with Gasteiger partial charge in [0, 0.05) is 14.7 Å². The highest BCUT2D eigenvalue weighted by Crippen LogP contribution is 2.24. The van der Waals surface area contributed by atoms with Crippen LogP contribution in [-0.4, -0.2) is 10.9 Å². The maximum absolute atomic E-state index is 12.8. The number of halogens is 1. The molecule has 0 aliphatic carbocycles. The zero-order valence-electron chi connectivity index (χ0n) is 13.0. The Morgan fingerprint density at radius 2 is 1.78 bits per heavy atom. The Morgan fingerprint density at radius 1 is 1.09 bits per heavy atom. The Balaban J connectivity index is 2.07. The van der Waals surface area contributed by atoms with Crippen molar-refractivity contribution < 1.29 is 4.79 Å². The van der Waals surface area contributed by atoms with Crippen molar-refractivity contribution >= 4 is 45.1 Å². The number of aromatic nitrogens is 1. The summed E-state index contributed by atoms with van der Waals surface area (Å²) in [7, 11) is 0. The normalized spacial score (nSPS) is 11.0. The molecule has 116 valence electrons. The lowest BCUT2D eigenvalue weighted by Gasteiger charge is -2.12. The number of pyridine rings is 1. The average Bonchev–Trinajstić information content (AvgIpc) is 2.55. The van der Waals surface area contributed by atoms with Gasteiger partial charge in [0.2, 0.25) is 0 Å². The number of hydrogen-bond donors (Lipinski definition) is 1. The monoisotopic (exact) mass is 416 g/mol. The van der Waals surface area contributed by atoms with Gasteiger partial charge in [0.1, 0.15) is 0 Å². The molecule has 1 N–H and O–H groups in total. The summed E-state index contributed by atoms with van der Waals surface area (Å²) in [6.07, 6.45) is 0. The number of nitrogens with one attached hydrogen (secondary N) is 1. The van der Waals surface area contributed by atoms with Crippen molar-refractivity contribution in [1.29, 1.82) is 0 Å². The quantitative estimate of drug-likeness (QED) is 0.596. The molecule has 0 aliphatic heterocycles. The van der Waals surface area contributed by atoms with Crippen LogP contribution in [0.15, 0.2) is 54.6 Å². The Labute approximate surface area is 149 Å². The maximum Gasteiger partial charge on any atom is 0.256 e. The van der Waals surface area contributed by atoms with Crippen LogP contribution in [0.2, 0.25) is 0 Å². The molecule has 1 aromatic heterocycles. The minimum atomic E-state index is -0.102. The Hall–Kier alpha value is -1.95. The molecule has 3 nitrogen and oxygen atoms in total. The van der Waals surface area contributed by atoms with Gasteiger partial charge < -0.3 is 5.32 Å². The van der Waals surface area contributed by atoms with Crippen LogP contribution in [0, 0.1) is 3.57 Å². The first kappa shape index (κ1) is 15.9. The van der Waals surface area contributed by atoms with Crippen LogP contribution < -0.4 is 5.32 Å². The van der Waals surface area contributed by atoms with Gasteiger partial charge in [0.05, 0.1) is 16.8 Å². The van der Waals surface area contributed by atoms with Crippen LogP contribution in [0.1, 0.15) is 35.8 Å². The summed E-state index contributed by atoms with van der Waals surface area (Å²) in [6.45, 7) is 4.16. The third kappa shape index (κ3) is 3.37. The lowest BCUT2D eigenvalue weighted by Crippen LogP contribution is -2.14. The summed E-state index contributed by atoms with van der Waals surface area (Å²) in [4.78, 5) is 17.5. The second kappa shape index (κ2) is 6.66. The number of hydrogen-bond acceptors (Lipinski definition) is 2. The van der Waals surface area contributed by atoms with Crippen LogP contribution in [0.5, 0.6) is 0 Å². The second-order valence-electron chi connectivity index (χ2n) is 5.70. The molecule has 0 bridgehead atoms. The van der Waals surface area contributed by atoms with Gasteiger partial charge in [0.15, 0.2) is 0 Å². The fraction of sp³-hybridized carbons (Fsp3) is 0.158. The Kier molecular flexibility index (Phi) is 4.61. The SMILES string of the molecule is CC(C)c1cc(C(=O)Nc2ccccc2I)c2ccccc2n1. The first-order valence-electron chi connectivity index (χ1n) is 7.52. The van der Waals surface area contributed by atoms with Crippen LogP contribution in [0.4, 0.5) is 5.69 Å². The van der Waals surface area contributed by atoms with Gasteiger partial charge in [-0.05, 0) is 52.8 Å². The summed E-state index contributed by atoms with van der Waals surface area (Å²) in [5, 5.41) is 3.89. The van der Waals surface area contributed by atoms with Gasteiger partial charge in [-0.25, -0.2) is 0 Å². The lowest BCUT2D eigenvalue weighted by atomic mass is 10.0. The highest BCUT2D eigenvalue weighted by molar-refractivity contribution is 14.1. The van der Waals surface area contributed by atoms with Crippen LogP contribution in [0.3, 0.4) is 0 Å². The zero-order chi connectivity index (χ0) is 16.4. The molecule has 0 atom stereocenters. The highest BCUT2D eigenvalue weighted by atomic mass is 127. The van der Waals surface area contributed by atoms with E-state index in [0.29, 0.717) is 5.56 Å². The van der Waals surface area contributed by atoms with Gasteiger partial charge in [-0.15, -0.1) is 0 Å². The minimum absolute atomic E-state index is 0.102. The lowest BCUT2D eigenvalue weighted by molar-refractivity contribution is 0.102. The Bertz CT molecular complexity index is 874. The van der Waals surface area contributed by atoms with E-state index in [1.165, 1.54) is 0 Å². The highest BCUT2D eigenvalue weighted by Gasteiger charge is 2.15. The van der Waals surface area contributed by atoms with E-state index in [9.17, 15) is 4.79 Å². The number of fused-ring (bicyclic) bond motifs is 1. The average molecular weight is 416 g/mol. The van der Waals surface area contributed by atoms with Crippen molar-refractivity contribution in [3.63, 3.8) is 0 Å². The Morgan fingerprint density at radius 3 is 2.52 bits per heavy atom. The van der Waals surface area contributed by atoms with Gasteiger partial charge in [-0.3, -0.25) is 9.78 Å². The number of carbonyl (C=O) groups is 1. The van der Waals surface area contributed by atoms with Crippen molar-refractivity contribution in [2.75, 3.05) is 5.32 Å². The standard InChI is InChI=1S/C19H17IN2O/c1-12(2)18-11-14(13-7-3-5-9-16(13)21-18)19(23)22-17-10-6-4-8-15(17)20/h3-12H,1-2H3,(H,22,23). The van der Waals surface area contributed by atoms with E-state index < -0.39 is 0 Å². The van der Waals surface area contributed by atoms with E-state index in [0.717, 1.165) is 25.9 Å². The fourth-order valence-corrected chi connectivity index (χ4v) is 2.95. The summed E-state index contributed by atoms with van der Waals surface area (Å²) in [6, 6.07) is 17.4. The molecule has 0 spiro atoms. The van der Waals surface area contributed by atoms with Crippen molar-refractivity contribution in [3.05, 3.63) is 69.4 Å². The van der Waals surface area contributed by atoms with Crippen LogP contribution in [0.25, 0.3) is 10.9 Å². The molecule has 3 aromatic rings. The molecule has 0 unspecified atom stereocenters. The van der Waals surface area contributed by atoms with E-state index in [2.05, 4.69) is 46.7 Å². The topological polar surface area (TPSA) is 42.0 Å². The molecule has 0 fully saturated rings. The molecular formula is C19H17IN2O. The smallest absolute Gasteiger partial charge is 0.256 e. The van der Waals surface area contributed by atoms with Crippen molar-refractivity contribution in [2.24, 2.45) is 0 Å². The molecule has 0 saturated heterocycles. The molecule has 0 radical (unpaired) electrons. The number of amides is 1. The molecule has 4 heteroatoms. The third-order valence-electron chi connectivity index (χ3n) is 3.69. The predicted molar refractivity (Wildman–Crippen MR) is 103 cm³/mol. The molecule has 0 aliphatic rings. The van der Waals surface area contributed by atoms with Crippen molar-refractivity contribution in [3.8, 4) is 0 Å². The molecule has 3 rings (SSSR count). The zero-order valence-corrected chi connectivity index (χ0v) is 15.2. The number of rotatable bonds is 3. The molecule has 23 heavy (non-hydrogen) atoms. The summed E-state index contributed by atoms with van der Waals surface area (Å²) in [5.41, 5.74) is 3.27. The number of anilines is 1. The summed E-state index contributed by atoms with van der Waals surface area (Å²) in [5.74, 6) is 0.164. The number of benzene rings is 2.